The van der Waals surface area contributed by atoms with Gasteiger partial charge < -0.3 is 0 Å². The average Bonchev–Trinajstić information content (AvgIpc) is 2.80. The lowest BCUT2D eigenvalue weighted by molar-refractivity contribution is 0.762. The second kappa shape index (κ2) is 5.51. The Morgan fingerprint density at radius 2 is 2.06 bits per heavy atom. The van der Waals surface area contributed by atoms with E-state index in [1.807, 2.05) is 0 Å². The van der Waals surface area contributed by atoms with E-state index < -0.39 is 0 Å². The Kier molecular flexibility index (Phi) is 4.03. The number of benzene rings is 1. The van der Waals surface area contributed by atoms with Crippen LogP contribution >= 0.6 is 22.9 Å². The summed E-state index contributed by atoms with van der Waals surface area (Å²) < 4.78 is 0. The normalized spacial score (nSPS) is 12.6. The SMILES string of the molecule is Cc1ccccc1C(CCl)Cc1ccsc1. The van der Waals surface area contributed by atoms with Crippen molar-refractivity contribution in [2.75, 3.05) is 5.88 Å². The van der Waals surface area contributed by atoms with E-state index in [2.05, 4.69) is 48.0 Å². The molecule has 1 aromatic carbocycles. The van der Waals surface area contributed by atoms with Crippen LogP contribution in [0.5, 0.6) is 0 Å². The fourth-order valence-corrected chi connectivity index (χ4v) is 2.94. The summed E-state index contributed by atoms with van der Waals surface area (Å²) in [6.07, 6.45) is 1.04. The molecule has 0 saturated carbocycles. The molecular formula is C14H15ClS. The zero-order valence-electron chi connectivity index (χ0n) is 9.32. The molecule has 16 heavy (non-hydrogen) atoms. The summed E-state index contributed by atoms with van der Waals surface area (Å²) in [5, 5.41) is 4.33. The lowest BCUT2D eigenvalue weighted by Gasteiger charge is -2.16. The standard InChI is InChI=1S/C14H15ClS/c1-11-4-2-3-5-14(11)13(9-15)8-12-6-7-16-10-12/h2-7,10,13H,8-9H2,1H3. The van der Waals surface area contributed by atoms with Gasteiger partial charge in [-0.2, -0.15) is 11.3 Å². The third-order valence-corrected chi connectivity index (χ3v) is 3.98. The van der Waals surface area contributed by atoms with Crippen LogP contribution in [0.3, 0.4) is 0 Å². The molecule has 1 atom stereocenters. The maximum atomic E-state index is 6.09. The van der Waals surface area contributed by atoms with Crippen molar-refractivity contribution in [3.05, 3.63) is 57.8 Å². The van der Waals surface area contributed by atoms with Crippen LogP contribution in [-0.2, 0) is 6.42 Å². The van der Waals surface area contributed by atoms with Crippen LogP contribution in [0.1, 0.15) is 22.6 Å². The fourth-order valence-electron chi connectivity index (χ4n) is 1.99. The van der Waals surface area contributed by atoms with Gasteiger partial charge in [0.2, 0.25) is 0 Å². The minimum Gasteiger partial charge on any atom is -0.152 e. The van der Waals surface area contributed by atoms with E-state index in [4.69, 9.17) is 11.6 Å². The summed E-state index contributed by atoms with van der Waals surface area (Å²) in [7, 11) is 0. The van der Waals surface area contributed by atoms with E-state index in [1.54, 1.807) is 11.3 Å². The van der Waals surface area contributed by atoms with Crippen molar-refractivity contribution in [1.82, 2.24) is 0 Å². The van der Waals surface area contributed by atoms with Crippen LogP contribution in [0.25, 0.3) is 0 Å². The third kappa shape index (κ3) is 2.66. The van der Waals surface area contributed by atoms with E-state index in [0.717, 1.165) is 6.42 Å². The van der Waals surface area contributed by atoms with Crippen molar-refractivity contribution in [3.63, 3.8) is 0 Å². The molecule has 0 spiro atoms. The van der Waals surface area contributed by atoms with Gasteiger partial charge in [0.1, 0.15) is 0 Å². The molecule has 0 amide bonds. The minimum atomic E-state index is 0.428. The predicted octanol–water partition coefficient (Wildman–Crippen LogP) is 4.62. The van der Waals surface area contributed by atoms with Crippen LogP contribution in [0.15, 0.2) is 41.1 Å². The van der Waals surface area contributed by atoms with Crippen LogP contribution < -0.4 is 0 Å². The molecule has 0 bridgehead atoms. The van der Waals surface area contributed by atoms with Gasteiger partial charge in [0, 0.05) is 11.8 Å². The first-order chi connectivity index (χ1) is 7.81. The zero-order chi connectivity index (χ0) is 11.4. The van der Waals surface area contributed by atoms with Gasteiger partial charge in [-0.05, 0) is 46.9 Å². The molecule has 1 unspecified atom stereocenters. The topological polar surface area (TPSA) is 0 Å². The molecule has 2 aromatic rings. The molecule has 1 aromatic heterocycles. The molecule has 84 valence electrons. The smallest absolute Gasteiger partial charge is 0.0295 e. The molecule has 0 saturated heterocycles. The maximum absolute atomic E-state index is 6.09. The van der Waals surface area contributed by atoms with Crippen LogP contribution in [0.2, 0.25) is 0 Å². The number of aryl methyl sites for hydroxylation is 1. The Balaban J connectivity index is 2.20. The number of alkyl halides is 1. The van der Waals surface area contributed by atoms with E-state index in [9.17, 15) is 0 Å². The average molecular weight is 251 g/mol. The summed E-state index contributed by atoms with van der Waals surface area (Å²) in [5.74, 6) is 1.11. The van der Waals surface area contributed by atoms with Gasteiger partial charge in [-0.15, -0.1) is 11.6 Å². The first-order valence-electron chi connectivity index (χ1n) is 5.44. The van der Waals surface area contributed by atoms with E-state index in [0.29, 0.717) is 11.8 Å². The second-order valence-electron chi connectivity index (χ2n) is 4.04. The van der Waals surface area contributed by atoms with Gasteiger partial charge in [-0.25, -0.2) is 0 Å². The molecule has 1 heterocycles. The first kappa shape index (κ1) is 11.7. The highest BCUT2D eigenvalue weighted by atomic mass is 35.5. The zero-order valence-corrected chi connectivity index (χ0v) is 10.9. The van der Waals surface area contributed by atoms with Crippen LogP contribution in [0, 0.1) is 6.92 Å². The summed E-state index contributed by atoms with van der Waals surface area (Å²) >= 11 is 7.84. The number of rotatable bonds is 4. The Labute approximate surface area is 106 Å². The first-order valence-corrected chi connectivity index (χ1v) is 6.91. The van der Waals surface area contributed by atoms with Crippen molar-refractivity contribution in [2.45, 2.75) is 19.3 Å². The highest BCUT2D eigenvalue weighted by Gasteiger charge is 2.13. The quantitative estimate of drug-likeness (QED) is 0.695. The van der Waals surface area contributed by atoms with Crippen molar-refractivity contribution in [1.29, 1.82) is 0 Å². The van der Waals surface area contributed by atoms with Crippen molar-refractivity contribution >= 4 is 22.9 Å². The Bertz CT molecular complexity index is 434. The number of thiophene rings is 1. The minimum absolute atomic E-state index is 0.428. The molecular weight excluding hydrogens is 236 g/mol. The molecule has 2 rings (SSSR count). The molecule has 0 radical (unpaired) electrons. The van der Waals surface area contributed by atoms with E-state index in [-0.39, 0.29) is 0 Å². The van der Waals surface area contributed by atoms with Crippen molar-refractivity contribution in [3.8, 4) is 0 Å². The maximum Gasteiger partial charge on any atom is 0.0295 e. The summed E-state index contributed by atoms with van der Waals surface area (Å²) in [5.41, 5.74) is 4.10. The molecule has 0 aliphatic carbocycles. The van der Waals surface area contributed by atoms with Crippen LogP contribution in [-0.4, -0.2) is 5.88 Å². The Morgan fingerprint density at radius 3 is 2.69 bits per heavy atom. The van der Waals surface area contributed by atoms with Gasteiger partial charge >= 0.3 is 0 Å². The fraction of sp³-hybridized carbons (Fsp3) is 0.286. The number of hydrogen-bond acceptors (Lipinski definition) is 1. The van der Waals surface area contributed by atoms with Crippen molar-refractivity contribution < 1.29 is 0 Å². The van der Waals surface area contributed by atoms with Crippen molar-refractivity contribution in [2.24, 2.45) is 0 Å². The molecule has 0 N–H and O–H groups in total. The van der Waals surface area contributed by atoms with Crippen LogP contribution in [0.4, 0.5) is 0 Å². The highest BCUT2D eigenvalue weighted by molar-refractivity contribution is 7.07. The number of halogens is 1. The summed E-state index contributed by atoms with van der Waals surface area (Å²) in [6.45, 7) is 2.16. The lowest BCUT2D eigenvalue weighted by Crippen LogP contribution is -2.05. The van der Waals surface area contributed by atoms with Gasteiger partial charge in [-0.1, -0.05) is 24.3 Å². The molecule has 0 fully saturated rings. The molecule has 0 nitrogen and oxygen atoms in total. The summed E-state index contributed by atoms with van der Waals surface area (Å²) in [6, 6.07) is 10.7. The predicted molar refractivity (Wildman–Crippen MR) is 72.7 cm³/mol. The third-order valence-electron chi connectivity index (χ3n) is 2.88. The molecule has 0 aliphatic heterocycles. The summed E-state index contributed by atoms with van der Waals surface area (Å²) in [4.78, 5) is 0. The second-order valence-corrected chi connectivity index (χ2v) is 5.13. The highest BCUT2D eigenvalue weighted by Crippen LogP contribution is 2.25. The van der Waals surface area contributed by atoms with Gasteiger partial charge in [0.15, 0.2) is 0 Å². The van der Waals surface area contributed by atoms with Gasteiger partial charge in [0.05, 0.1) is 0 Å². The molecule has 0 aliphatic rings. The molecule has 2 heteroatoms. The Morgan fingerprint density at radius 1 is 1.25 bits per heavy atom. The van der Waals surface area contributed by atoms with E-state index in [1.165, 1.54) is 16.7 Å². The Hall–Kier alpha value is -0.790. The largest absolute Gasteiger partial charge is 0.152 e. The number of hydrogen-bond donors (Lipinski definition) is 0. The monoisotopic (exact) mass is 250 g/mol. The van der Waals surface area contributed by atoms with E-state index >= 15 is 0 Å². The lowest BCUT2D eigenvalue weighted by atomic mass is 9.91. The van der Waals surface area contributed by atoms with Gasteiger partial charge in [-0.3, -0.25) is 0 Å². The van der Waals surface area contributed by atoms with Gasteiger partial charge in [0.25, 0.3) is 0 Å².